The van der Waals surface area contributed by atoms with Crippen LogP contribution in [-0.2, 0) is 21.8 Å². The number of hydrogen-bond acceptors (Lipinski definition) is 5. The van der Waals surface area contributed by atoms with Crippen LogP contribution in [0, 0.1) is 0 Å². The highest BCUT2D eigenvalue weighted by atomic mass is 35.5. The van der Waals surface area contributed by atoms with Gasteiger partial charge < -0.3 is 14.8 Å². The van der Waals surface area contributed by atoms with Crippen molar-refractivity contribution >= 4 is 40.9 Å². The number of halogens is 2. The molecule has 2 aromatic rings. The Morgan fingerprint density at radius 1 is 1.23 bits per heavy atom. The van der Waals surface area contributed by atoms with Crippen LogP contribution in [0.1, 0.15) is 11.1 Å². The van der Waals surface area contributed by atoms with Gasteiger partial charge in [0.15, 0.2) is 0 Å². The zero-order valence-corrected chi connectivity index (χ0v) is 16.7. The van der Waals surface area contributed by atoms with Gasteiger partial charge in [0.1, 0.15) is 6.61 Å². The largest absolute Gasteiger partial charge is 0.475 e. The molecule has 1 N–H and O–H groups in total. The molecule has 1 amide bonds. The van der Waals surface area contributed by atoms with Crippen LogP contribution in [0.5, 0.6) is 5.88 Å². The highest BCUT2D eigenvalue weighted by molar-refractivity contribution is 7.99. The van der Waals surface area contributed by atoms with E-state index in [-0.39, 0.29) is 5.91 Å². The fraction of sp³-hybridized carbons (Fsp3) is 0.333. The van der Waals surface area contributed by atoms with Gasteiger partial charge in [-0.2, -0.15) is 0 Å². The molecule has 0 aliphatic rings. The number of methoxy groups -OCH3 is 1. The summed E-state index contributed by atoms with van der Waals surface area (Å²) in [7, 11) is 1.61. The summed E-state index contributed by atoms with van der Waals surface area (Å²) in [5, 5.41) is 4.08. The normalized spacial score (nSPS) is 10.6. The van der Waals surface area contributed by atoms with Crippen molar-refractivity contribution in [3.63, 3.8) is 0 Å². The summed E-state index contributed by atoms with van der Waals surface area (Å²) in [5.41, 5.74) is 1.78. The van der Waals surface area contributed by atoms with Crippen molar-refractivity contribution < 1.29 is 14.3 Å². The molecule has 1 heterocycles. The van der Waals surface area contributed by atoms with Crippen molar-refractivity contribution in [3.05, 3.63) is 57.7 Å². The number of ether oxygens (including phenoxy) is 2. The van der Waals surface area contributed by atoms with E-state index >= 15 is 0 Å². The monoisotopic (exact) mass is 414 g/mol. The maximum atomic E-state index is 12.1. The quantitative estimate of drug-likeness (QED) is 0.596. The third-order valence-corrected chi connectivity index (χ3v) is 4.93. The minimum absolute atomic E-state index is 0.0632. The number of thioether (sulfide) groups is 1. The van der Waals surface area contributed by atoms with E-state index in [2.05, 4.69) is 10.3 Å². The van der Waals surface area contributed by atoms with Gasteiger partial charge in [-0.1, -0.05) is 35.3 Å². The van der Waals surface area contributed by atoms with Gasteiger partial charge in [-0.3, -0.25) is 4.79 Å². The standard InChI is InChI=1S/C18H20Cl2N2O3S/c1-24-7-8-25-18-13(3-2-6-21-18)10-22-17(23)12-26-11-14-4-5-15(19)9-16(14)20/h2-6,9H,7-8,10-12H2,1H3,(H,22,23). The van der Waals surface area contributed by atoms with Crippen LogP contribution in [0.15, 0.2) is 36.5 Å². The first kappa shape index (κ1) is 20.8. The molecule has 26 heavy (non-hydrogen) atoms. The molecular weight excluding hydrogens is 395 g/mol. The number of nitrogens with one attached hydrogen (secondary N) is 1. The molecule has 1 aromatic heterocycles. The topological polar surface area (TPSA) is 60.5 Å². The van der Waals surface area contributed by atoms with Crippen LogP contribution in [0.4, 0.5) is 0 Å². The molecule has 0 aliphatic carbocycles. The molecule has 0 fully saturated rings. The van der Waals surface area contributed by atoms with Crippen molar-refractivity contribution in [3.8, 4) is 5.88 Å². The van der Waals surface area contributed by atoms with Crippen molar-refractivity contribution in [1.29, 1.82) is 0 Å². The summed E-state index contributed by atoms with van der Waals surface area (Å²) in [4.78, 5) is 16.2. The molecule has 0 radical (unpaired) electrons. The number of carbonyl (C=O) groups excluding carboxylic acids is 1. The predicted molar refractivity (Wildman–Crippen MR) is 106 cm³/mol. The van der Waals surface area contributed by atoms with Gasteiger partial charge >= 0.3 is 0 Å². The molecule has 8 heteroatoms. The fourth-order valence-electron chi connectivity index (χ4n) is 2.05. The van der Waals surface area contributed by atoms with Crippen molar-refractivity contribution in [1.82, 2.24) is 10.3 Å². The average molecular weight is 415 g/mol. The van der Waals surface area contributed by atoms with E-state index in [0.717, 1.165) is 11.1 Å². The van der Waals surface area contributed by atoms with Crippen LogP contribution < -0.4 is 10.1 Å². The lowest BCUT2D eigenvalue weighted by molar-refractivity contribution is -0.118. The molecule has 0 atom stereocenters. The molecule has 1 aromatic carbocycles. The summed E-state index contributed by atoms with van der Waals surface area (Å²) in [5.74, 6) is 1.41. The molecular formula is C18H20Cl2N2O3S. The van der Waals surface area contributed by atoms with Gasteiger partial charge in [-0.05, 0) is 23.8 Å². The van der Waals surface area contributed by atoms with E-state index in [1.165, 1.54) is 11.8 Å². The lowest BCUT2D eigenvalue weighted by atomic mass is 10.2. The van der Waals surface area contributed by atoms with Crippen LogP contribution in [0.25, 0.3) is 0 Å². The second-order valence-electron chi connectivity index (χ2n) is 5.31. The van der Waals surface area contributed by atoms with Gasteiger partial charge in [-0.25, -0.2) is 4.98 Å². The molecule has 140 valence electrons. The highest BCUT2D eigenvalue weighted by Crippen LogP contribution is 2.24. The first-order chi connectivity index (χ1) is 12.6. The summed E-state index contributed by atoms with van der Waals surface area (Å²) >= 11 is 13.5. The van der Waals surface area contributed by atoms with Crippen LogP contribution in [0.3, 0.4) is 0 Å². The number of nitrogens with zero attached hydrogens (tertiary/aromatic N) is 1. The van der Waals surface area contributed by atoms with Gasteiger partial charge in [0.2, 0.25) is 11.8 Å². The molecule has 5 nitrogen and oxygen atoms in total. The van der Waals surface area contributed by atoms with Crippen LogP contribution in [-0.4, -0.2) is 37.0 Å². The highest BCUT2D eigenvalue weighted by Gasteiger charge is 2.08. The van der Waals surface area contributed by atoms with E-state index in [1.54, 1.807) is 25.4 Å². The molecule has 0 saturated carbocycles. The van der Waals surface area contributed by atoms with E-state index < -0.39 is 0 Å². The molecule has 0 spiro atoms. The number of hydrogen-bond donors (Lipinski definition) is 1. The number of rotatable bonds is 10. The summed E-state index contributed by atoms with van der Waals surface area (Å²) in [6.45, 7) is 1.25. The van der Waals surface area contributed by atoms with Crippen LogP contribution in [0.2, 0.25) is 10.0 Å². The van der Waals surface area contributed by atoms with Crippen molar-refractivity contribution in [2.24, 2.45) is 0 Å². The predicted octanol–water partition coefficient (Wildman–Crippen LogP) is 3.96. The minimum Gasteiger partial charge on any atom is -0.475 e. The fourth-order valence-corrected chi connectivity index (χ4v) is 3.46. The second kappa shape index (κ2) is 11.3. The third-order valence-electron chi connectivity index (χ3n) is 3.36. The molecule has 0 saturated heterocycles. The van der Waals surface area contributed by atoms with Gasteiger partial charge in [-0.15, -0.1) is 11.8 Å². The number of aromatic nitrogens is 1. The van der Waals surface area contributed by atoms with E-state index in [1.807, 2.05) is 18.2 Å². The Kier molecular flexibility index (Phi) is 9.05. The lowest BCUT2D eigenvalue weighted by Gasteiger charge is -2.11. The Morgan fingerprint density at radius 3 is 2.85 bits per heavy atom. The number of carbonyl (C=O) groups is 1. The molecule has 0 bridgehead atoms. The Morgan fingerprint density at radius 2 is 2.08 bits per heavy atom. The SMILES string of the molecule is COCCOc1ncccc1CNC(=O)CSCc1ccc(Cl)cc1Cl. The maximum Gasteiger partial charge on any atom is 0.230 e. The minimum atomic E-state index is -0.0632. The molecule has 0 unspecified atom stereocenters. The number of amides is 1. The van der Waals surface area contributed by atoms with Gasteiger partial charge in [0.05, 0.1) is 12.4 Å². The molecule has 2 rings (SSSR count). The Balaban J connectivity index is 1.76. The Labute approximate surface area is 167 Å². The van der Waals surface area contributed by atoms with Gasteiger partial charge in [0.25, 0.3) is 0 Å². The zero-order chi connectivity index (χ0) is 18.8. The summed E-state index contributed by atoms with van der Waals surface area (Å²) in [6.07, 6.45) is 1.65. The first-order valence-electron chi connectivity index (χ1n) is 7.94. The lowest BCUT2D eigenvalue weighted by Crippen LogP contribution is -2.25. The van der Waals surface area contributed by atoms with E-state index in [4.69, 9.17) is 32.7 Å². The third kappa shape index (κ3) is 7.03. The second-order valence-corrected chi connectivity index (χ2v) is 7.14. The molecule has 0 aliphatic heterocycles. The summed E-state index contributed by atoms with van der Waals surface area (Å²) < 4.78 is 10.5. The number of pyridine rings is 1. The van der Waals surface area contributed by atoms with Crippen LogP contribution >= 0.6 is 35.0 Å². The Hall–Kier alpha value is -1.47. The smallest absolute Gasteiger partial charge is 0.230 e. The maximum absolute atomic E-state index is 12.1. The average Bonchev–Trinajstić information content (AvgIpc) is 2.63. The van der Waals surface area contributed by atoms with Crippen molar-refractivity contribution in [2.75, 3.05) is 26.1 Å². The van der Waals surface area contributed by atoms with Gasteiger partial charge in [0, 0.05) is 41.2 Å². The van der Waals surface area contributed by atoms with E-state index in [0.29, 0.717) is 47.2 Å². The first-order valence-corrected chi connectivity index (χ1v) is 9.85. The summed E-state index contributed by atoms with van der Waals surface area (Å²) in [6, 6.07) is 9.04. The van der Waals surface area contributed by atoms with E-state index in [9.17, 15) is 4.79 Å². The Bertz CT molecular complexity index is 731. The zero-order valence-electron chi connectivity index (χ0n) is 14.3. The van der Waals surface area contributed by atoms with Crippen molar-refractivity contribution in [2.45, 2.75) is 12.3 Å². The number of benzene rings is 1.